The highest BCUT2D eigenvalue weighted by Gasteiger charge is 2.36. The maximum atomic E-state index is 12.3. The topological polar surface area (TPSA) is 58.6 Å². The fourth-order valence-corrected chi connectivity index (χ4v) is 3.70. The lowest BCUT2D eigenvalue weighted by Crippen LogP contribution is -2.35. The van der Waals surface area contributed by atoms with Crippen LogP contribution in [0.25, 0.3) is 0 Å². The molecule has 120 valence electrons. The molecular formula is C16H24N4O2. The van der Waals surface area contributed by atoms with E-state index >= 15 is 0 Å². The summed E-state index contributed by atoms with van der Waals surface area (Å²) >= 11 is 0. The Morgan fingerprint density at radius 1 is 1.32 bits per heavy atom. The van der Waals surface area contributed by atoms with Gasteiger partial charge in [-0.25, -0.2) is 9.97 Å². The summed E-state index contributed by atoms with van der Waals surface area (Å²) in [5, 5.41) is 0. The number of hydrogen-bond donors (Lipinski definition) is 0. The number of ether oxygens (including phenoxy) is 1. The van der Waals surface area contributed by atoms with Gasteiger partial charge in [-0.1, -0.05) is 12.8 Å². The first-order chi connectivity index (χ1) is 10.7. The van der Waals surface area contributed by atoms with E-state index in [2.05, 4.69) is 14.9 Å². The molecule has 1 aliphatic heterocycles. The molecule has 0 aromatic carbocycles. The maximum Gasteiger partial charge on any atom is 0.257 e. The van der Waals surface area contributed by atoms with Crippen LogP contribution in [0.15, 0.2) is 12.4 Å². The minimum Gasteiger partial charge on any atom is -0.478 e. The van der Waals surface area contributed by atoms with Gasteiger partial charge >= 0.3 is 0 Å². The average molecular weight is 304 g/mol. The fourth-order valence-electron chi connectivity index (χ4n) is 3.70. The molecule has 1 aliphatic carbocycles. The molecule has 1 aromatic heterocycles. The number of methoxy groups -OCH3 is 1. The number of carbonyl (C=O) groups excluding carboxylic acids is 1. The lowest BCUT2D eigenvalue weighted by molar-refractivity contribution is -0.129. The van der Waals surface area contributed by atoms with Crippen molar-refractivity contribution < 1.29 is 9.53 Å². The summed E-state index contributed by atoms with van der Waals surface area (Å²) in [6, 6.07) is 0.480. The van der Waals surface area contributed by atoms with Crippen molar-refractivity contribution in [2.75, 3.05) is 32.1 Å². The predicted molar refractivity (Wildman–Crippen MR) is 83.9 cm³/mol. The fraction of sp³-hybridized carbons (Fsp3) is 0.688. The number of aromatic nitrogens is 2. The first kappa shape index (κ1) is 15.1. The van der Waals surface area contributed by atoms with E-state index in [1.165, 1.54) is 25.7 Å². The van der Waals surface area contributed by atoms with Crippen LogP contribution in [0.1, 0.15) is 32.1 Å². The second kappa shape index (κ2) is 6.50. The third kappa shape index (κ3) is 3.00. The predicted octanol–water partition coefficient (Wildman–Crippen LogP) is 1.71. The van der Waals surface area contributed by atoms with Crippen LogP contribution in [0.2, 0.25) is 0 Å². The van der Waals surface area contributed by atoms with Crippen molar-refractivity contribution in [1.82, 2.24) is 14.9 Å². The molecular weight excluding hydrogens is 280 g/mol. The molecule has 0 spiro atoms. The van der Waals surface area contributed by atoms with Gasteiger partial charge in [0.2, 0.25) is 5.91 Å². The molecule has 2 fully saturated rings. The molecule has 2 heterocycles. The summed E-state index contributed by atoms with van der Waals surface area (Å²) < 4.78 is 5.26. The highest BCUT2D eigenvalue weighted by atomic mass is 16.5. The van der Waals surface area contributed by atoms with Crippen LogP contribution in [0.5, 0.6) is 5.88 Å². The van der Waals surface area contributed by atoms with Crippen molar-refractivity contribution in [1.29, 1.82) is 0 Å². The van der Waals surface area contributed by atoms with Crippen LogP contribution in [0.3, 0.4) is 0 Å². The largest absolute Gasteiger partial charge is 0.478 e. The third-order valence-electron chi connectivity index (χ3n) is 4.74. The van der Waals surface area contributed by atoms with Gasteiger partial charge in [-0.05, 0) is 12.8 Å². The summed E-state index contributed by atoms with van der Waals surface area (Å²) in [7, 11) is 3.58. The Morgan fingerprint density at radius 3 is 2.77 bits per heavy atom. The van der Waals surface area contributed by atoms with Crippen molar-refractivity contribution in [2.24, 2.45) is 5.92 Å². The maximum absolute atomic E-state index is 12.3. The molecule has 22 heavy (non-hydrogen) atoms. The average Bonchev–Trinajstić information content (AvgIpc) is 3.16. The minimum atomic E-state index is 0.316. The number of carbonyl (C=O) groups is 1. The number of likely N-dealkylation sites (tertiary alicyclic amines) is 1. The van der Waals surface area contributed by atoms with E-state index in [9.17, 15) is 4.79 Å². The van der Waals surface area contributed by atoms with Crippen molar-refractivity contribution in [3.05, 3.63) is 12.4 Å². The lowest BCUT2D eigenvalue weighted by atomic mass is 10.1. The van der Waals surface area contributed by atoms with Crippen LogP contribution in [0.4, 0.5) is 5.82 Å². The molecule has 0 bridgehead atoms. The van der Waals surface area contributed by atoms with Crippen molar-refractivity contribution in [3.8, 4) is 5.88 Å². The second-order valence-corrected chi connectivity index (χ2v) is 6.32. The van der Waals surface area contributed by atoms with E-state index in [4.69, 9.17) is 4.74 Å². The van der Waals surface area contributed by atoms with E-state index in [0.717, 1.165) is 18.9 Å². The van der Waals surface area contributed by atoms with Gasteiger partial charge in [0.1, 0.15) is 0 Å². The Balaban J connectivity index is 1.62. The zero-order valence-electron chi connectivity index (χ0n) is 13.4. The molecule has 0 radical (unpaired) electrons. The van der Waals surface area contributed by atoms with Gasteiger partial charge in [-0.2, -0.15) is 0 Å². The third-order valence-corrected chi connectivity index (χ3v) is 4.74. The normalized spacial score (nSPS) is 22.4. The Kier molecular flexibility index (Phi) is 4.45. The summed E-state index contributed by atoms with van der Waals surface area (Å²) in [5.41, 5.74) is 0. The van der Waals surface area contributed by atoms with E-state index in [0.29, 0.717) is 30.2 Å². The summed E-state index contributed by atoms with van der Waals surface area (Å²) in [6.45, 7) is 1.67. The molecule has 1 amide bonds. The van der Waals surface area contributed by atoms with Crippen LogP contribution in [-0.2, 0) is 4.79 Å². The molecule has 1 unspecified atom stereocenters. The van der Waals surface area contributed by atoms with Gasteiger partial charge in [0, 0.05) is 50.9 Å². The molecule has 1 aromatic rings. The second-order valence-electron chi connectivity index (χ2n) is 6.32. The van der Waals surface area contributed by atoms with Gasteiger partial charge < -0.3 is 14.5 Å². The first-order valence-electron chi connectivity index (χ1n) is 8.04. The van der Waals surface area contributed by atoms with E-state index in [1.54, 1.807) is 19.5 Å². The molecule has 6 heteroatoms. The first-order valence-corrected chi connectivity index (χ1v) is 8.04. The lowest BCUT2D eigenvalue weighted by Gasteiger charge is -2.26. The molecule has 1 saturated carbocycles. The standard InChI is InChI=1S/C16H24N4O2/c1-19(15-16(22-2)18-8-7-17-15)10-12-9-14(21)20(11-12)13-5-3-4-6-13/h7-8,12-13H,3-6,9-11H2,1-2H3. The monoisotopic (exact) mass is 304 g/mol. The number of amides is 1. The minimum absolute atomic E-state index is 0.316. The van der Waals surface area contributed by atoms with Gasteiger partial charge in [0.15, 0.2) is 5.82 Å². The Hall–Kier alpha value is -1.85. The quantitative estimate of drug-likeness (QED) is 0.829. The van der Waals surface area contributed by atoms with Crippen LogP contribution in [0, 0.1) is 5.92 Å². The summed E-state index contributed by atoms with van der Waals surface area (Å²) in [4.78, 5) is 25.0. The molecule has 6 nitrogen and oxygen atoms in total. The van der Waals surface area contributed by atoms with Crippen LogP contribution in [-0.4, -0.2) is 54.1 Å². The van der Waals surface area contributed by atoms with E-state index in [1.807, 2.05) is 11.9 Å². The van der Waals surface area contributed by atoms with Crippen LogP contribution >= 0.6 is 0 Å². The SMILES string of the molecule is COc1nccnc1N(C)CC1CC(=O)N(C2CCCC2)C1. The van der Waals surface area contributed by atoms with Gasteiger partial charge in [-0.15, -0.1) is 0 Å². The Bertz CT molecular complexity index is 531. The molecule has 2 aliphatic rings. The summed E-state index contributed by atoms with van der Waals surface area (Å²) in [6.07, 6.45) is 8.80. The van der Waals surface area contributed by atoms with E-state index in [-0.39, 0.29) is 0 Å². The molecule has 3 rings (SSSR count). The van der Waals surface area contributed by atoms with Crippen molar-refractivity contribution in [2.45, 2.75) is 38.1 Å². The van der Waals surface area contributed by atoms with Gasteiger partial charge in [0.25, 0.3) is 5.88 Å². The number of hydrogen-bond acceptors (Lipinski definition) is 5. The Labute approximate surface area is 131 Å². The number of nitrogens with zero attached hydrogens (tertiary/aromatic N) is 4. The summed E-state index contributed by atoms with van der Waals surface area (Å²) in [5.74, 6) is 1.93. The van der Waals surface area contributed by atoms with Gasteiger partial charge in [-0.3, -0.25) is 4.79 Å². The smallest absolute Gasteiger partial charge is 0.257 e. The number of anilines is 1. The molecule has 1 saturated heterocycles. The van der Waals surface area contributed by atoms with E-state index < -0.39 is 0 Å². The zero-order chi connectivity index (χ0) is 15.5. The zero-order valence-corrected chi connectivity index (χ0v) is 13.4. The highest BCUT2D eigenvalue weighted by molar-refractivity contribution is 5.79. The Morgan fingerprint density at radius 2 is 2.05 bits per heavy atom. The van der Waals surface area contributed by atoms with Crippen molar-refractivity contribution in [3.63, 3.8) is 0 Å². The van der Waals surface area contributed by atoms with Gasteiger partial charge in [0.05, 0.1) is 7.11 Å². The number of rotatable bonds is 5. The van der Waals surface area contributed by atoms with Crippen LogP contribution < -0.4 is 9.64 Å². The highest BCUT2D eigenvalue weighted by Crippen LogP contribution is 2.30. The molecule has 1 atom stereocenters. The van der Waals surface area contributed by atoms with Crippen molar-refractivity contribution >= 4 is 11.7 Å². The molecule has 0 N–H and O–H groups in total.